The standard InChI is InChI=1S/C39H47N5O11/c1-39(2,3)55-38(53)43-30(22-25-14-16-28(45)17-15-25)37(52)42-29(20-21-40-31(46)18-19-33(48)49)36(51)41-23-34(50)54-24-32(47)44-35(26-10-6-4-7-11-26)27-12-8-5-9-13-27/h4-17,29-30,35,45H,18-24H2,1-3H3,(H,40,46)(H,41,51)(H,42,52)(H,43,53)(H,44,47)(H,48,49)/t29-,30-/m0/s1. The molecule has 0 aliphatic heterocycles. The molecule has 0 aliphatic rings. The quantitative estimate of drug-likeness (QED) is 0.0875. The van der Waals surface area contributed by atoms with Crippen molar-refractivity contribution in [1.29, 1.82) is 0 Å². The molecule has 0 spiro atoms. The monoisotopic (exact) mass is 761 g/mol. The van der Waals surface area contributed by atoms with Crippen molar-refractivity contribution in [2.24, 2.45) is 0 Å². The summed E-state index contributed by atoms with van der Waals surface area (Å²) >= 11 is 0. The number of aliphatic carboxylic acids is 1. The van der Waals surface area contributed by atoms with E-state index in [2.05, 4.69) is 26.6 Å². The van der Waals surface area contributed by atoms with Crippen molar-refractivity contribution >= 4 is 41.7 Å². The van der Waals surface area contributed by atoms with E-state index in [0.717, 1.165) is 11.1 Å². The predicted octanol–water partition coefficient (Wildman–Crippen LogP) is 2.25. The minimum atomic E-state index is -1.37. The number of rotatable bonds is 19. The lowest BCUT2D eigenvalue weighted by Gasteiger charge is -2.25. The maximum absolute atomic E-state index is 13.6. The average Bonchev–Trinajstić information content (AvgIpc) is 3.14. The third-order valence-corrected chi connectivity index (χ3v) is 7.68. The summed E-state index contributed by atoms with van der Waals surface area (Å²) in [4.78, 5) is 88.1. The maximum atomic E-state index is 13.6. The number of carbonyl (C=O) groups excluding carboxylic acids is 6. The van der Waals surface area contributed by atoms with E-state index in [0.29, 0.717) is 5.56 Å². The zero-order valence-electron chi connectivity index (χ0n) is 30.8. The Labute approximate surface area is 318 Å². The van der Waals surface area contributed by atoms with Gasteiger partial charge >= 0.3 is 18.0 Å². The van der Waals surface area contributed by atoms with Crippen molar-refractivity contribution in [3.05, 3.63) is 102 Å². The number of phenols is 1. The van der Waals surface area contributed by atoms with E-state index in [4.69, 9.17) is 14.6 Å². The minimum Gasteiger partial charge on any atom is -0.508 e. The number of alkyl carbamates (subject to hydrolysis) is 1. The van der Waals surface area contributed by atoms with Gasteiger partial charge in [0.1, 0.15) is 30.0 Å². The van der Waals surface area contributed by atoms with Crippen LogP contribution in [0.4, 0.5) is 4.79 Å². The van der Waals surface area contributed by atoms with Gasteiger partial charge in [-0.25, -0.2) is 4.79 Å². The third-order valence-electron chi connectivity index (χ3n) is 7.68. The Morgan fingerprint density at radius 1 is 0.691 bits per heavy atom. The Balaban J connectivity index is 1.67. The number of ether oxygens (including phenoxy) is 2. The average molecular weight is 762 g/mol. The second-order valence-electron chi connectivity index (χ2n) is 13.4. The highest BCUT2D eigenvalue weighted by Gasteiger charge is 2.29. The first kappa shape index (κ1) is 43.0. The van der Waals surface area contributed by atoms with E-state index in [1.54, 1.807) is 32.9 Å². The van der Waals surface area contributed by atoms with Crippen LogP contribution in [0.5, 0.6) is 5.75 Å². The van der Waals surface area contributed by atoms with E-state index in [1.807, 2.05) is 60.7 Å². The summed E-state index contributed by atoms with van der Waals surface area (Å²) in [6.07, 6.45) is -1.92. The molecule has 16 heteroatoms. The van der Waals surface area contributed by atoms with Gasteiger partial charge in [-0.3, -0.25) is 28.8 Å². The van der Waals surface area contributed by atoms with E-state index in [-0.39, 0.29) is 31.6 Å². The molecule has 16 nitrogen and oxygen atoms in total. The van der Waals surface area contributed by atoms with Crippen LogP contribution in [0.2, 0.25) is 0 Å². The molecule has 3 aromatic rings. The Kier molecular flexibility index (Phi) is 16.6. The molecule has 7 N–H and O–H groups in total. The summed E-state index contributed by atoms with van der Waals surface area (Å²) in [5.74, 6) is -5.02. The second kappa shape index (κ2) is 21.3. The van der Waals surface area contributed by atoms with Crippen LogP contribution in [0.25, 0.3) is 0 Å². The summed E-state index contributed by atoms with van der Waals surface area (Å²) in [6.45, 7) is 3.40. The predicted molar refractivity (Wildman–Crippen MR) is 198 cm³/mol. The highest BCUT2D eigenvalue weighted by Crippen LogP contribution is 2.21. The van der Waals surface area contributed by atoms with Crippen LogP contribution in [0.15, 0.2) is 84.9 Å². The topological polar surface area (TPSA) is 239 Å². The van der Waals surface area contributed by atoms with Gasteiger partial charge in [0, 0.05) is 19.4 Å². The number of carbonyl (C=O) groups is 7. The molecule has 3 rings (SSSR count). The fourth-order valence-corrected chi connectivity index (χ4v) is 5.07. The first-order chi connectivity index (χ1) is 26.1. The molecule has 3 aromatic carbocycles. The van der Waals surface area contributed by atoms with Crippen LogP contribution < -0.4 is 26.6 Å². The van der Waals surface area contributed by atoms with Crippen LogP contribution in [0.1, 0.15) is 62.8 Å². The van der Waals surface area contributed by atoms with E-state index in [9.17, 15) is 38.7 Å². The van der Waals surface area contributed by atoms with Crippen LogP contribution in [0.3, 0.4) is 0 Å². The number of benzene rings is 3. The zero-order valence-corrected chi connectivity index (χ0v) is 30.8. The fraction of sp³-hybridized carbons (Fsp3) is 0.359. The fourth-order valence-electron chi connectivity index (χ4n) is 5.07. The highest BCUT2D eigenvalue weighted by molar-refractivity contribution is 5.93. The molecule has 0 bridgehead atoms. The van der Waals surface area contributed by atoms with Crippen molar-refractivity contribution in [2.45, 2.75) is 70.2 Å². The number of aromatic hydroxyl groups is 1. The van der Waals surface area contributed by atoms with Crippen LogP contribution in [-0.4, -0.2) is 89.3 Å². The molecule has 0 fully saturated rings. The Morgan fingerprint density at radius 3 is 1.85 bits per heavy atom. The number of phenolic OH excluding ortho intramolecular Hbond substituents is 1. The molecule has 0 saturated heterocycles. The zero-order chi connectivity index (χ0) is 40.4. The summed E-state index contributed by atoms with van der Waals surface area (Å²) < 4.78 is 10.4. The molecule has 0 aliphatic carbocycles. The van der Waals surface area contributed by atoms with Gasteiger partial charge in [0.05, 0.1) is 12.5 Å². The van der Waals surface area contributed by atoms with E-state index >= 15 is 0 Å². The van der Waals surface area contributed by atoms with Crippen molar-refractivity contribution in [2.75, 3.05) is 19.7 Å². The van der Waals surface area contributed by atoms with E-state index < -0.39 is 85.0 Å². The molecule has 2 atom stereocenters. The summed E-state index contributed by atoms with van der Waals surface area (Å²) in [7, 11) is 0. The van der Waals surface area contributed by atoms with Crippen LogP contribution in [-0.2, 0) is 44.7 Å². The molecule has 0 saturated carbocycles. The molecule has 55 heavy (non-hydrogen) atoms. The normalized spacial score (nSPS) is 12.0. The molecular weight excluding hydrogens is 714 g/mol. The van der Waals surface area contributed by atoms with Gasteiger partial charge in [0.15, 0.2) is 6.61 Å². The molecule has 0 aromatic heterocycles. The van der Waals surface area contributed by atoms with E-state index in [1.165, 1.54) is 12.1 Å². The summed E-state index contributed by atoms with van der Waals surface area (Å²) in [5.41, 5.74) is 1.26. The summed E-state index contributed by atoms with van der Waals surface area (Å²) in [5, 5.41) is 31.2. The minimum absolute atomic E-state index is 0.0188. The van der Waals surface area contributed by atoms with Gasteiger partial charge in [-0.15, -0.1) is 0 Å². The molecular formula is C39H47N5O11. The Hall–Kier alpha value is -6.45. The SMILES string of the molecule is CC(C)(C)OC(=O)N[C@@H](Cc1ccc(O)cc1)C(=O)N[C@@H](CCNC(=O)CCC(=O)O)C(=O)NCC(=O)OCC(=O)NC(c1ccccc1)c1ccccc1. The molecule has 0 heterocycles. The van der Waals surface area contributed by atoms with Crippen LogP contribution in [0, 0.1) is 0 Å². The number of carboxylic acids is 1. The number of nitrogens with one attached hydrogen (secondary N) is 5. The molecule has 5 amide bonds. The first-order valence-electron chi connectivity index (χ1n) is 17.5. The number of esters is 1. The van der Waals surface area contributed by atoms with Crippen molar-refractivity contribution in [1.82, 2.24) is 26.6 Å². The Bertz CT molecular complexity index is 1720. The maximum Gasteiger partial charge on any atom is 0.408 e. The highest BCUT2D eigenvalue weighted by atomic mass is 16.6. The lowest BCUT2D eigenvalue weighted by Crippen LogP contribution is -2.55. The number of amides is 5. The third kappa shape index (κ3) is 16.4. The van der Waals surface area contributed by atoms with Crippen molar-refractivity contribution in [3.8, 4) is 5.75 Å². The van der Waals surface area contributed by atoms with Gasteiger partial charge in [0.25, 0.3) is 5.91 Å². The second-order valence-corrected chi connectivity index (χ2v) is 13.4. The smallest absolute Gasteiger partial charge is 0.408 e. The van der Waals surface area contributed by atoms with Gasteiger partial charge in [-0.1, -0.05) is 72.8 Å². The lowest BCUT2D eigenvalue weighted by molar-refractivity contribution is -0.148. The largest absolute Gasteiger partial charge is 0.508 e. The molecule has 294 valence electrons. The first-order valence-corrected chi connectivity index (χ1v) is 17.5. The lowest BCUT2D eigenvalue weighted by atomic mass is 9.99. The number of hydrogen-bond acceptors (Lipinski definition) is 10. The van der Waals surface area contributed by atoms with Crippen LogP contribution >= 0.6 is 0 Å². The number of carboxylic acid groups (broad SMARTS) is 1. The molecule has 0 unspecified atom stereocenters. The van der Waals surface area contributed by atoms with Gasteiger partial charge < -0.3 is 46.3 Å². The number of hydrogen-bond donors (Lipinski definition) is 7. The van der Waals surface area contributed by atoms with Gasteiger partial charge in [-0.05, 0) is 56.0 Å². The summed E-state index contributed by atoms with van der Waals surface area (Å²) in [6, 6.07) is 21.1. The molecule has 0 radical (unpaired) electrons. The van der Waals surface area contributed by atoms with Crippen molar-refractivity contribution < 1.29 is 53.2 Å². The van der Waals surface area contributed by atoms with Gasteiger partial charge in [0.2, 0.25) is 17.7 Å². The Morgan fingerprint density at radius 2 is 1.29 bits per heavy atom. The van der Waals surface area contributed by atoms with Gasteiger partial charge in [-0.2, -0.15) is 0 Å². The van der Waals surface area contributed by atoms with Crippen molar-refractivity contribution in [3.63, 3.8) is 0 Å².